The molecule has 0 amide bonds. The zero-order valence-corrected chi connectivity index (χ0v) is 12.2. The van der Waals surface area contributed by atoms with Crippen LogP contribution in [0.4, 0.5) is 0 Å². The van der Waals surface area contributed by atoms with Gasteiger partial charge < -0.3 is 10.0 Å². The number of carboxylic acids is 1. The molecule has 0 bridgehead atoms. The van der Waals surface area contributed by atoms with Crippen LogP contribution in [-0.4, -0.2) is 60.1 Å². The molecule has 4 nitrogen and oxygen atoms in total. The van der Waals surface area contributed by atoms with Crippen LogP contribution in [0.2, 0.25) is 0 Å². The van der Waals surface area contributed by atoms with E-state index >= 15 is 0 Å². The van der Waals surface area contributed by atoms with Crippen LogP contribution >= 0.6 is 0 Å². The first kappa shape index (κ1) is 14.8. The lowest BCUT2D eigenvalue weighted by molar-refractivity contribution is -0.138. The predicted octanol–water partition coefficient (Wildman–Crippen LogP) is 1.91. The summed E-state index contributed by atoms with van der Waals surface area (Å²) in [5.74, 6) is 1.07. The van der Waals surface area contributed by atoms with Crippen molar-refractivity contribution in [3.63, 3.8) is 0 Å². The van der Waals surface area contributed by atoms with Gasteiger partial charge in [0.05, 0.1) is 6.54 Å². The van der Waals surface area contributed by atoms with E-state index < -0.39 is 5.97 Å². The Hall–Kier alpha value is -0.610. The number of carboxylic acid groups (broad SMARTS) is 1. The van der Waals surface area contributed by atoms with E-state index in [-0.39, 0.29) is 6.54 Å². The Balaban J connectivity index is 1.74. The number of carbonyl (C=O) groups is 1. The molecular weight excluding hydrogens is 240 g/mol. The molecule has 1 N–H and O–H groups in total. The van der Waals surface area contributed by atoms with Gasteiger partial charge in [0, 0.05) is 26.2 Å². The fourth-order valence-corrected chi connectivity index (χ4v) is 3.65. The molecule has 0 radical (unpaired) electrons. The molecule has 1 heterocycles. The molecule has 4 heteroatoms. The molecule has 0 aromatic rings. The van der Waals surface area contributed by atoms with E-state index in [9.17, 15) is 4.79 Å². The lowest BCUT2D eigenvalue weighted by Crippen LogP contribution is -2.36. The number of aliphatic carboxylic acids is 1. The highest BCUT2D eigenvalue weighted by Crippen LogP contribution is 2.29. The first-order chi connectivity index (χ1) is 9.13. The Morgan fingerprint density at radius 3 is 2.58 bits per heavy atom. The van der Waals surface area contributed by atoms with Crippen LogP contribution in [0.25, 0.3) is 0 Å². The number of hydrogen-bond acceptors (Lipinski definition) is 3. The molecule has 0 aromatic heterocycles. The summed E-state index contributed by atoms with van der Waals surface area (Å²) in [6.45, 7) is 7.83. The fraction of sp³-hybridized carbons (Fsp3) is 0.933. The SMILES string of the molecule is CC1CCCC(CN2CCCN(CC(=O)O)CC2)C1. The molecule has 2 rings (SSSR count). The van der Waals surface area contributed by atoms with Crippen molar-refractivity contribution in [2.24, 2.45) is 11.8 Å². The molecule has 110 valence electrons. The second-order valence-corrected chi connectivity index (χ2v) is 6.46. The molecule has 0 aromatic carbocycles. The maximum Gasteiger partial charge on any atom is 0.317 e. The molecule has 2 fully saturated rings. The van der Waals surface area contributed by atoms with Gasteiger partial charge in [0.15, 0.2) is 0 Å². The summed E-state index contributed by atoms with van der Waals surface area (Å²) in [4.78, 5) is 15.4. The van der Waals surface area contributed by atoms with Crippen LogP contribution in [0.5, 0.6) is 0 Å². The van der Waals surface area contributed by atoms with Crippen LogP contribution in [0.1, 0.15) is 39.0 Å². The minimum atomic E-state index is -0.699. The van der Waals surface area contributed by atoms with Crippen LogP contribution in [0.15, 0.2) is 0 Å². The van der Waals surface area contributed by atoms with Gasteiger partial charge in [-0.15, -0.1) is 0 Å². The third kappa shape index (κ3) is 5.11. The van der Waals surface area contributed by atoms with Crippen LogP contribution in [0, 0.1) is 11.8 Å². The zero-order valence-electron chi connectivity index (χ0n) is 12.2. The van der Waals surface area contributed by atoms with Crippen molar-refractivity contribution in [2.45, 2.75) is 39.0 Å². The summed E-state index contributed by atoms with van der Waals surface area (Å²) in [6, 6.07) is 0. The van der Waals surface area contributed by atoms with Gasteiger partial charge in [0.25, 0.3) is 0 Å². The molecule has 1 saturated carbocycles. The Labute approximate surface area is 116 Å². The summed E-state index contributed by atoms with van der Waals surface area (Å²) < 4.78 is 0. The van der Waals surface area contributed by atoms with Crippen molar-refractivity contribution in [1.82, 2.24) is 9.80 Å². The van der Waals surface area contributed by atoms with Gasteiger partial charge in [-0.3, -0.25) is 9.69 Å². The summed E-state index contributed by atoms with van der Waals surface area (Å²) >= 11 is 0. The smallest absolute Gasteiger partial charge is 0.317 e. The van der Waals surface area contributed by atoms with E-state index in [0.717, 1.165) is 44.4 Å². The minimum Gasteiger partial charge on any atom is -0.480 e. The molecule has 2 unspecified atom stereocenters. The van der Waals surface area contributed by atoms with E-state index in [0.29, 0.717) is 0 Å². The highest BCUT2D eigenvalue weighted by Gasteiger charge is 2.23. The lowest BCUT2D eigenvalue weighted by atomic mass is 9.82. The summed E-state index contributed by atoms with van der Waals surface area (Å²) in [5, 5.41) is 8.86. The highest BCUT2D eigenvalue weighted by molar-refractivity contribution is 5.69. The average Bonchev–Trinajstić information content (AvgIpc) is 2.54. The third-order valence-corrected chi connectivity index (χ3v) is 4.60. The second kappa shape index (κ2) is 7.25. The molecule has 1 aliphatic heterocycles. The van der Waals surface area contributed by atoms with Crippen molar-refractivity contribution in [3.8, 4) is 0 Å². The fourth-order valence-electron chi connectivity index (χ4n) is 3.65. The predicted molar refractivity (Wildman–Crippen MR) is 76.3 cm³/mol. The summed E-state index contributed by atoms with van der Waals surface area (Å²) in [5.41, 5.74) is 0. The van der Waals surface area contributed by atoms with Crippen molar-refractivity contribution < 1.29 is 9.90 Å². The number of hydrogen-bond donors (Lipinski definition) is 1. The van der Waals surface area contributed by atoms with Crippen molar-refractivity contribution in [3.05, 3.63) is 0 Å². The Kier molecular flexibility index (Phi) is 5.64. The first-order valence-electron chi connectivity index (χ1n) is 7.80. The minimum absolute atomic E-state index is 0.203. The molecular formula is C15H28N2O2. The molecule has 2 aliphatic rings. The van der Waals surface area contributed by atoms with Gasteiger partial charge in [-0.25, -0.2) is 0 Å². The molecule has 19 heavy (non-hydrogen) atoms. The van der Waals surface area contributed by atoms with Gasteiger partial charge in [-0.2, -0.15) is 0 Å². The third-order valence-electron chi connectivity index (χ3n) is 4.60. The van der Waals surface area contributed by atoms with Crippen molar-refractivity contribution in [1.29, 1.82) is 0 Å². The van der Waals surface area contributed by atoms with Crippen LogP contribution < -0.4 is 0 Å². The zero-order chi connectivity index (χ0) is 13.7. The maximum absolute atomic E-state index is 10.8. The standard InChI is InChI=1S/C15H28N2O2/c1-13-4-2-5-14(10-13)11-16-6-3-7-17(9-8-16)12-15(18)19/h13-14H,2-12H2,1H3,(H,18,19). The molecule has 2 atom stereocenters. The van der Waals surface area contributed by atoms with Crippen LogP contribution in [-0.2, 0) is 4.79 Å². The van der Waals surface area contributed by atoms with Crippen molar-refractivity contribution >= 4 is 5.97 Å². The van der Waals surface area contributed by atoms with E-state index in [4.69, 9.17) is 5.11 Å². The van der Waals surface area contributed by atoms with E-state index in [1.54, 1.807) is 0 Å². The summed E-state index contributed by atoms with van der Waals surface area (Å²) in [6.07, 6.45) is 6.68. The van der Waals surface area contributed by atoms with Gasteiger partial charge in [0.2, 0.25) is 0 Å². The van der Waals surface area contributed by atoms with Crippen LogP contribution in [0.3, 0.4) is 0 Å². The number of rotatable bonds is 4. The Morgan fingerprint density at radius 2 is 1.84 bits per heavy atom. The van der Waals surface area contributed by atoms with Crippen molar-refractivity contribution in [2.75, 3.05) is 39.3 Å². The van der Waals surface area contributed by atoms with E-state index in [1.165, 1.54) is 32.2 Å². The molecule has 1 saturated heterocycles. The normalized spacial score (nSPS) is 31.0. The summed E-state index contributed by atoms with van der Waals surface area (Å²) in [7, 11) is 0. The monoisotopic (exact) mass is 268 g/mol. The van der Waals surface area contributed by atoms with Gasteiger partial charge in [0.1, 0.15) is 0 Å². The largest absolute Gasteiger partial charge is 0.480 e. The van der Waals surface area contributed by atoms with E-state index in [1.807, 2.05) is 0 Å². The molecule has 1 aliphatic carbocycles. The topological polar surface area (TPSA) is 43.8 Å². The quantitative estimate of drug-likeness (QED) is 0.846. The Morgan fingerprint density at radius 1 is 1.11 bits per heavy atom. The first-order valence-corrected chi connectivity index (χ1v) is 7.80. The molecule has 0 spiro atoms. The lowest BCUT2D eigenvalue weighted by Gasteiger charge is -2.31. The Bertz CT molecular complexity index is 296. The second-order valence-electron chi connectivity index (χ2n) is 6.46. The van der Waals surface area contributed by atoms with Gasteiger partial charge in [-0.05, 0) is 37.6 Å². The van der Waals surface area contributed by atoms with Gasteiger partial charge >= 0.3 is 5.97 Å². The highest BCUT2D eigenvalue weighted by atomic mass is 16.4. The van der Waals surface area contributed by atoms with E-state index in [2.05, 4.69) is 16.7 Å². The maximum atomic E-state index is 10.8. The average molecular weight is 268 g/mol. The number of nitrogens with zero attached hydrogens (tertiary/aromatic N) is 2. The van der Waals surface area contributed by atoms with Gasteiger partial charge in [-0.1, -0.05) is 19.8 Å².